The molecule has 1 saturated heterocycles. The number of hydrogen-bond donors (Lipinski definition) is 2. The monoisotopic (exact) mass is 551 g/mol. The van der Waals surface area contributed by atoms with E-state index in [1.165, 1.54) is 0 Å². The molecular formula is C32H41NO7. The predicted octanol–water partition coefficient (Wildman–Crippen LogP) is 4.02. The highest BCUT2D eigenvalue weighted by Crippen LogP contribution is 2.65. The lowest BCUT2D eigenvalue weighted by molar-refractivity contribution is -0.167. The van der Waals surface area contributed by atoms with Crippen molar-refractivity contribution in [3.05, 3.63) is 59.4 Å². The first-order valence-corrected chi connectivity index (χ1v) is 14.2. The number of ether oxygens (including phenoxy) is 3. The molecule has 5 rings (SSSR count). The van der Waals surface area contributed by atoms with Crippen LogP contribution in [0.3, 0.4) is 0 Å². The number of cyclic esters (lactones) is 1. The molecule has 0 aromatic heterocycles. The number of nitrogens with zero attached hydrogens (tertiary/aromatic N) is 1. The first-order valence-electron chi connectivity index (χ1n) is 14.2. The van der Waals surface area contributed by atoms with Crippen molar-refractivity contribution in [1.82, 2.24) is 0 Å². The molecule has 1 aromatic rings. The Hall–Kier alpha value is -2.94. The van der Waals surface area contributed by atoms with Crippen LogP contribution in [-0.4, -0.2) is 67.8 Å². The third-order valence-electron chi connectivity index (χ3n) is 9.89. The molecule has 6 atom stereocenters. The summed E-state index contributed by atoms with van der Waals surface area (Å²) in [6.45, 7) is 6.74. The van der Waals surface area contributed by atoms with E-state index in [0.717, 1.165) is 24.9 Å². The fraction of sp³-hybridized carbons (Fsp3) is 0.562. The van der Waals surface area contributed by atoms with Gasteiger partial charge in [0, 0.05) is 31.1 Å². The van der Waals surface area contributed by atoms with Gasteiger partial charge in [-0.05, 0) is 67.7 Å². The lowest BCUT2D eigenvalue weighted by Crippen LogP contribution is -2.60. The van der Waals surface area contributed by atoms with Gasteiger partial charge >= 0.3 is 11.9 Å². The number of fused-ring (bicyclic) bond motifs is 1. The molecule has 2 saturated carbocycles. The van der Waals surface area contributed by atoms with Crippen molar-refractivity contribution in [2.24, 2.45) is 22.7 Å². The Bertz CT molecular complexity index is 1260. The predicted molar refractivity (Wildman–Crippen MR) is 151 cm³/mol. The van der Waals surface area contributed by atoms with E-state index < -0.39 is 23.5 Å². The van der Waals surface area contributed by atoms with Gasteiger partial charge in [0.25, 0.3) is 0 Å². The molecule has 3 fully saturated rings. The summed E-state index contributed by atoms with van der Waals surface area (Å²) in [6, 6.07) is 7.42. The van der Waals surface area contributed by atoms with Crippen LogP contribution in [0.4, 0.5) is 5.69 Å². The van der Waals surface area contributed by atoms with Gasteiger partial charge in [0.1, 0.15) is 11.3 Å². The van der Waals surface area contributed by atoms with E-state index in [4.69, 9.17) is 14.2 Å². The first kappa shape index (κ1) is 28.6. The summed E-state index contributed by atoms with van der Waals surface area (Å²) in [5.41, 5.74) is 1.04. The first-order chi connectivity index (χ1) is 19.0. The summed E-state index contributed by atoms with van der Waals surface area (Å²) in [5.74, 6) is -0.804. The Labute approximate surface area is 236 Å². The molecule has 2 N–H and O–H groups in total. The molecule has 2 heterocycles. The summed E-state index contributed by atoms with van der Waals surface area (Å²) < 4.78 is 17.0. The Morgan fingerprint density at radius 2 is 1.88 bits per heavy atom. The second-order valence-electron chi connectivity index (χ2n) is 12.4. The van der Waals surface area contributed by atoms with Gasteiger partial charge in [-0.25, -0.2) is 9.59 Å². The number of aliphatic hydroxyl groups excluding tert-OH is 2. The van der Waals surface area contributed by atoms with Gasteiger partial charge in [0.2, 0.25) is 0 Å². The van der Waals surface area contributed by atoms with Gasteiger partial charge in [-0.3, -0.25) is 0 Å². The fourth-order valence-corrected chi connectivity index (χ4v) is 7.46. The van der Waals surface area contributed by atoms with Gasteiger partial charge in [0.05, 0.1) is 37.1 Å². The Morgan fingerprint density at radius 1 is 1.18 bits per heavy atom. The van der Waals surface area contributed by atoms with Crippen LogP contribution >= 0.6 is 0 Å². The van der Waals surface area contributed by atoms with Crippen molar-refractivity contribution in [3.8, 4) is 0 Å². The molecule has 1 aromatic carbocycles. The standard InChI is InChI=1S/C32H41NO7/c1-6-38-29(37)27(20-7-10-22(11-8-20)33(4)5)23-17-21(28(36)40-23)9-12-25-30(2)15-14-26(35)31(3,18-34)24(30)13-16-32(25)19-39-32/h7-12,17,24-26,34-35H,6,13-16,18-19H2,1-5H3/t24?,25?,26-,30+,31+,32?/m1/s1. The largest absolute Gasteiger partial charge is 0.462 e. The molecule has 0 bridgehead atoms. The number of allylic oxidation sites excluding steroid dienone is 1. The molecule has 8 nitrogen and oxygen atoms in total. The number of carbonyl (C=O) groups excluding carboxylic acids is 2. The van der Waals surface area contributed by atoms with E-state index in [0.29, 0.717) is 24.2 Å². The number of esters is 2. The van der Waals surface area contributed by atoms with Gasteiger partial charge in [-0.1, -0.05) is 38.1 Å². The summed E-state index contributed by atoms with van der Waals surface area (Å²) in [4.78, 5) is 28.0. The zero-order valence-electron chi connectivity index (χ0n) is 24.1. The van der Waals surface area contributed by atoms with E-state index in [-0.39, 0.29) is 47.4 Å². The van der Waals surface area contributed by atoms with Crippen LogP contribution in [0, 0.1) is 22.7 Å². The van der Waals surface area contributed by atoms with Gasteiger partial charge in [-0.2, -0.15) is 0 Å². The van der Waals surface area contributed by atoms with Crippen LogP contribution in [0.1, 0.15) is 52.0 Å². The SMILES string of the molecule is CCOC(=O)C(=C1C=C(C=CC2C3(CCC4[C@]2(C)CC[C@@H](O)[C@@]4(C)CO)CO3)C(=O)O1)c1ccc(N(C)C)cc1. The van der Waals surface area contributed by atoms with Crippen LogP contribution in [0.15, 0.2) is 53.8 Å². The molecular weight excluding hydrogens is 510 g/mol. The summed E-state index contributed by atoms with van der Waals surface area (Å²) in [5, 5.41) is 21.1. The zero-order chi connectivity index (χ0) is 28.9. The quantitative estimate of drug-likeness (QED) is 0.297. The second-order valence-corrected chi connectivity index (χ2v) is 12.4. The Balaban J connectivity index is 1.50. The molecule has 2 aliphatic carbocycles. The maximum absolute atomic E-state index is 13.0. The highest BCUT2D eigenvalue weighted by molar-refractivity contribution is 6.19. The number of rotatable bonds is 7. The molecule has 2 aliphatic heterocycles. The number of benzene rings is 1. The smallest absolute Gasteiger partial charge is 0.343 e. The van der Waals surface area contributed by atoms with Crippen molar-refractivity contribution < 1.29 is 34.0 Å². The topological polar surface area (TPSA) is 109 Å². The molecule has 4 aliphatic rings. The van der Waals surface area contributed by atoms with Crippen molar-refractivity contribution in [3.63, 3.8) is 0 Å². The molecule has 1 spiro atoms. The minimum atomic E-state index is -0.590. The van der Waals surface area contributed by atoms with Gasteiger partial charge < -0.3 is 29.3 Å². The van der Waals surface area contributed by atoms with Crippen LogP contribution in [0.2, 0.25) is 0 Å². The lowest BCUT2D eigenvalue weighted by atomic mass is 9.45. The van der Waals surface area contributed by atoms with Crippen molar-refractivity contribution in [1.29, 1.82) is 0 Å². The number of anilines is 1. The average Bonchev–Trinajstić information content (AvgIpc) is 3.60. The van der Waals surface area contributed by atoms with E-state index in [1.54, 1.807) is 19.1 Å². The van der Waals surface area contributed by atoms with Gasteiger partial charge in [0.15, 0.2) is 0 Å². The molecule has 0 radical (unpaired) electrons. The Kier molecular flexibility index (Phi) is 7.48. The maximum Gasteiger partial charge on any atom is 0.343 e. The van der Waals surface area contributed by atoms with Crippen molar-refractivity contribution in [2.45, 2.75) is 58.2 Å². The van der Waals surface area contributed by atoms with Crippen molar-refractivity contribution >= 4 is 23.2 Å². The third-order valence-corrected chi connectivity index (χ3v) is 9.89. The molecule has 0 amide bonds. The second kappa shape index (κ2) is 10.5. The van der Waals surface area contributed by atoms with E-state index >= 15 is 0 Å². The number of carbonyl (C=O) groups is 2. The van der Waals surface area contributed by atoms with Gasteiger partial charge in [-0.15, -0.1) is 0 Å². The zero-order valence-corrected chi connectivity index (χ0v) is 24.1. The highest BCUT2D eigenvalue weighted by atomic mass is 16.6. The molecule has 8 heteroatoms. The van der Waals surface area contributed by atoms with Crippen molar-refractivity contribution in [2.75, 3.05) is 38.8 Å². The third kappa shape index (κ3) is 4.70. The molecule has 40 heavy (non-hydrogen) atoms. The fourth-order valence-electron chi connectivity index (χ4n) is 7.46. The maximum atomic E-state index is 13.0. The van der Waals surface area contributed by atoms with Crippen LogP contribution in [0.5, 0.6) is 0 Å². The van der Waals surface area contributed by atoms with E-state index in [9.17, 15) is 19.8 Å². The molecule has 3 unspecified atom stereocenters. The van der Waals surface area contributed by atoms with Crippen LogP contribution < -0.4 is 4.90 Å². The Morgan fingerprint density at radius 3 is 2.48 bits per heavy atom. The minimum absolute atomic E-state index is 0.00181. The van der Waals surface area contributed by atoms with E-state index in [2.05, 4.69) is 13.0 Å². The summed E-state index contributed by atoms with van der Waals surface area (Å²) in [7, 11) is 3.87. The number of hydrogen-bond acceptors (Lipinski definition) is 8. The average molecular weight is 552 g/mol. The molecule has 216 valence electrons. The summed E-state index contributed by atoms with van der Waals surface area (Å²) >= 11 is 0. The normalized spacial score (nSPS) is 36.2. The summed E-state index contributed by atoms with van der Waals surface area (Å²) in [6.07, 6.45) is 8.03. The van der Waals surface area contributed by atoms with Crippen LogP contribution in [-0.2, 0) is 23.8 Å². The van der Waals surface area contributed by atoms with Crippen LogP contribution in [0.25, 0.3) is 5.57 Å². The minimum Gasteiger partial charge on any atom is -0.462 e. The number of epoxide rings is 1. The lowest BCUT2D eigenvalue weighted by Gasteiger charge is -2.60. The highest BCUT2D eigenvalue weighted by Gasteiger charge is 2.66. The van der Waals surface area contributed by atoms with E-state index in [1.807, 2.05) is 50.2 Å². The number of aliphatic hydroxyl groups is 2.